The largest absolute Gasteiger partial charge is 0.490 e. The molecule has 2 amide bonds. The first kappa shape index (κ1) is 46.2. The minimum Gasteiger partial charge on any atom is -0.490 e. The Bertz CT molecular complexity index is 2010. The van der Waals surface area contributed by atoms with Gasteiger partial charge in [-0.2, -0.15) is 10.5 Å². The fourth-order valence-electron chi connectivity index (χ4n) is 9.10. The Labute approximate surface area is 380 Å². The van der Waals surface area contributed by atoms with Crippen LogP contribution >= 0.6 is 0 Å². The van der Waals surface area contributed by atoms with Crippen LogP contribution in [0.5, 0.6) is 5.75 Å². The number of anilines is 1. The summed E-state index contributed by atoms with van der Waals surface area (Å²) >= 11 is 0. The molecule has 4 aliphatic rings. The van der Waals surface area contributed by atoms with E-state index in [0.29, 0.717) is 42.1 Å². The molecule has 4 fully saturated rings. The Balaban J connectivity index is 0.000000191. The van der Waals surface area contributed by atoms with Gasteiger partial charge in [0.2, 0.25) is 11.8 Å². The van der Waals surface area contributed by atoms with Crippen molar-refractivity contribution in [1.82, 2.24) is 30.2 Å². The summed E-state index contributed by atoms with van der Waals surface area (Å²) < 4.78 is 6.03. The average molecular weight is 864 g/mol. The van der Waals surface area contributed by atoms with Gasteiger partial charge in [0.25, 0.3) is 0 Å². The van der Waals surface area contributed by atoms with Crippen molar-refractivity contribution in [3.05, 3.63) is 130 Å². The van der Waals surface area contributed by atoms with E-state index in [1.807, 2.05) is 46.2 Å². The molecule has 0 radical (unpaired) electrons. The smallest absolute Gasteiger partial charge is 0.226 e. The zero-order chi connectivity index (χ0) is 44.7. The SMILES string of the molecule is C[C@@H]1CN(Cc2ccc(CC(=O)N3CCC(Nc4ccc(C#N)cc4)CC3)cc2)CCN1.C[C@@H]1CN(Cc2ccc(CC(=O)N3CCC(Oc4ccc(C#N)cc4)CC3)cc2)CCN1. The van der Waals surface area contributed by atoms with E-state index in [9.17, 15) is 9.59 Å². The molecule has 0 unspecified atom stereocenters. The molecule has 0 saturated carbocycles. The van der Waals surface area contributed by atoms with Crippen LogP contribution in [-0.2, 0) is 35.5 Å². The third-order valence-corrected chi connectivity index (χ3v) is 12.8. The van der Waals surface area contributed by atoms with Gasteiger partial charge in [-0.05, 0) is 97.5 Å². The summed E-state index contributed by atoms with van der Waals surface area (Å²) in [7, 11) is 0. The number of nitriles is 2. The number of nitrogens with one attached hydrogen (secondary N) is 3. The zero-order valence-electron chi connectivity index (χ0n) is 37.7. The molecule has 3 N–H and O–H groups in total. The maximum Gasteiger partial charge on any atom is 0.226 e. The third kappa shape index (κ3) is 14.1. The first-order valence-corrected chi connectivity index (χ1v) is 23.2. The fourth-order valence-corrected chi connectivity index (χ4v) is 9.10. The van der Waals surface area contributed by atoms with Crippen molar-refractivity contribution in [2.45, 2.75) is 89.7 Å². The number of benzene rings is 4. The van der Waals surface area contributed by atoms with Crippen LogP contribution in [0.1, 0.15) is 72.9 Å². The molecule has 0 aromatic heterocycles. The maximum absolute atomic E-state index is 12.8. The van der Waals surface area contributed by atoms with E-state index in [2.05, 4.69) is 100 Å². The molecular weight excluding hydrogens is 799 g/mol. The van der Waals surface area contributed by atoms with E-state index in [1.54, 1.807) is 12.1 Å². The molecule has 2 atom stereocenters. The molecule has 0 aliphatic carbocycles. The van der Waals surface area contributed by atoms with Gasteiger partial charge in [-0.3, -0.25) is 19.4 Å². The van der Waals surface area contributed by atoms with Crippen LogP contribution in [-0.4, -0.2) is 121 Å². The normalized spacial score (nSPS) is 20.0. The average Bonchev–Trinajstić information content (AvgIpc) is 3.31. The molecule has 64 heavy (non-hydrogen) atoms. The second kappa shape index (κ2) is 23.3. The van der Waals surface area contributed by atoms with Gasteiger partial charge in [0.05, 0.1) is 36.1 Å². The molecule has 336 valence electrons. The first-order valence-electron chi connectivity index (χ1n) is 23.2. The Kier molecular flexibility index (Phi) is 16.8. The van der Waals surface area contributed by atoms with E-state index in [0.717, 1.165) is 127 Å². The Morgan fingerprint density at radius 3 is 1.45 bits per heavy atom. The van der Waals surface area contributed by atoms with Crippen molar-refractivity contribution in [2.75, 3.05) is 70.8 Å². The van der Waals surface area contributed by atoms with E-state index < -0.39 is 0 Å². The van der Waals surface area contributed by atoms with Crippen molar-refractivity contribution in [2.24, 2.45) is 0 Å². The quantitative estimate of drug-likeness (QED) is 0.156. The lowest BCUT2D eigenvalue weighted by molar-refractivity contribution is -0.132. The van der Waals surface area contributed by atoms with E-state index in [4.69, 9.17) is 15.3 Å². The minimum atomic E-state index is 0.110. The van der Waals surface area contributed by atoms with Crippen molar-refractivity contribution < 1.29 is 14.3 Å². The molecule has 4 aromatic rings. The molecule has 4 saturated heterocycles. The first-order chi connectivity index (χ1) is 31.2. The van der Waals surface area contributed by atoms with Gasteiger partial charge in [-0.1, -0.05) is 48.5 Å². The number of carbonyl (C=O) groups is 2. The molecule has 0 spiro atoms. The van der Waals surface area contributed by atoms with Crippen molar-refractivity contribution in [3.8, 4) is 17.9 Å². The highest BCUT2D eigenvalue weighted by Gasteiger charge is 2.25. The number of nitrogens with zero attached hydrogens (tertiary/aromatic N) is 6. The number of hydrogen-bond donors (Lipinski definition) is 3. The minimum absolute atomic E-state index is 0.110. The lowest BCUT2D eigenvalue weighted by Crippen LogP contribution is -2.48. The second-order valence-electron chi connectivity index (χ2n) is 18.0. The number of amides is 2. The lowest BCUT2D eigenvalue weighted by atomic mass is 10.0. The molecule has 0 bridgehead atoms. The van der Waals surface area contributed by atoms with Gasteiger partial charge >= 0.3 is 0 Å². The lowest BCUT2D eigenvalue weighted by Gasteiger charge is -2.33. The molecule has 12 nitrogen and oxygen atoms in total. The van der Waals surface area contributed by atoms with Gasteiger partial charge in [0.1, 0.15) is 11.9 Å². The zero-order valence-corrected chi connectivity index (χ0v) is 37.7. The van der Waals surface area contributed by atoms with Crippen LogP contribution in [0.3, 0.4) is 0 Å². The van der Waals surface area contributed by atoms with Gasteiger partial charge in [0, 0.05) is 115 Å². The monoisotopic (exact) mass is 864 g/mol. The number of piperazine rings is 2. The van der Waals surface area contributed by atoms with E-state index in [-0.39, 0.29) is 17.9 Å². The molecule has 4 heterocycles. The number of carbonyl (C=O) groups excluding carboxylic acids is 2. The summed E-state index contributed by atoms with van der Waals surface area (Å²) in [6.07, 6.45) is 4.56. The predicted octanol–water partition coefficient (Wildman–Crippen LogP) is 5.96. The molecule has 4 aromatic carbocycles. The molecule has 8 rings (SSSR count). The highest BCUT2D eigenvalue weighted by Crippen LogP contribution is 2.22. The van der Waals surface area contributed by atoms with Crippen LogP contribution in [0.25, 0.3) is 0 Å². The summed E-state index contributed by atoms with van der Waals surface area (Å²) in [5, 5.41) is 28.3. The molecule has 4 aliphatic heterocycles. The standard InChI is InChI=1S/C26H33N5O.C26H32N4O2/c1-20-18-30(15-12-28-20)19-23-4-2-21(3-5-23)16-26(32)31-13-10-25(11-14-31)29-24-8-6-22(17-27)7-9-24;1-20-18-29(15-12-28-20)19-23-4-2-21(3-5-23)16-26(31)30-13-10-25(11-14-30)32-24-8-6-22(17-27)7-9-24/h2-9,20,25,28-29H,10-16,18-19H2,1H3;2-9,20,25,28H,10-16,18-19H2,1H3/t2*20-/m11/s1. The Hall–Kier alpha value is -5.76. The number of likely N-dealkylation sites (tertiary alicyclic amines) is 2. The number of piperidine rings is 2. The van der Waals surface area contributed by atoms with Crippen molar-refractivity contribution in [3.63, 3.8) is 0 Å². The summed E-state index contributed by atoms with van der Waals surface area (Å²) in [6.45, 7) is 15.8. The van der Waals surface area contributed by atoms with Crippen LogP contribution < -0.4 is 20.7 Å². The molecule has 12 heteroatoms. The van der Waals surface area contributed by atoms with Crippen LogP contribution in [0, 0.1) is 22.7 Å². The van der Waals surface area contributed by atoms with Crippen LogP contribution in [0.4, 0.5) is 5.69 Å². The van der Waals surface area contributed by atoms with Crippen molar-refractivity contribution >= 4 is 17.5 Å². The second-order valence-corrected chi connectivity index (χ2v) is 18.0. The Morgan fingerprint density at radius 1 is 0.594 bits per heavy atom. The summed E-state index contributed by atoms with van der Waals surface area (Å²) in [5.41, 5.74) is 7.10. The molecular formula is C52H65N9O3. The predicted molar refractivity (Wildman–Crippen MR) is 252 cm³/mol. The summed E-state index contributed by atoms with van der Waals surface area (Å²) in [6, 6.07) is 37.5. The van der Waals surface area contributed by atoms with E-state index in [1.165, 1.54) is 11.1 Å². The Morgan fingerprint density at radius 2 is 1.02 bits per heavy atom. The third-order valence-electron chi connectivity index (χ3n) is 12.8. The number of rotatable bonds is 12. The van der Waals surface area contributed by atoms with Crippen LogP contribution in [0.15, 0.2) is 97.1 Å². The highest BCUT2D eigenvalue weighted by atomic mass is 16.5. The highest BCUT2D eigenvalue weighted by molar-refractivity contribution is 5.79. The number of hydrogen-bond acceptors (Lipinski definition) is 10. The van der Waals surface area contributed by atoms with Crippen molar-refractivity contribution in [1.29, 1.82) is 10.5 Å². The van der Waals surface area contributed by atoms with Crippen LogP contribution in [0.2, 0.25) is 0 Å². The summed E-state index contributed by atoms with van der Waals surface area (Å²) in [4.78, 5) is 34.5. The van der Waals surface area contributed by atoms with Gasteiger partial charge in [-0.15, -0.1) is 0 Å². The van der Waals surface area contributed by atoms with Gasteiger partial charge < -0.3 is 30.5 Å². The number of ether oxygens (including phenoxy) is 1. The van der Waals surface area contributed by atoms with E-state index >= 15 is 0 Å². The summed E-state index contributed by atoms with van der Waals surface area (Å²) in [5.74, 6) is 1.18. The topological polar surface area (TPSA) is 140 Å². The van der Waals surface area contributed by atoms with Gasteiger partial charge in [0.15, 0.2) is 0 Å². The van der Waals surface area contributed by atoms with Gasteiger partial charge in [-0.25, -0.2) is 0 Å². The maximum atomic E-state index is 12.8. The fraction of sp³-hybridized carbons (Fsp3) is 0.462.